The van der Waals surface area contributed by atoms with E-state index in [1.807, 2.05) is 37.1 Å². The Balaban J connectivity index is 1.97. The minimum absolute atomic E-state index is 0.0582. The van der Waals surface area contributed by atoms with Crippen molar-refractivity contribution in [3.05, 3.63) is 18.2 Å². The zero-order chi connectivity index (χ0) is 14.5. The molecule has 0 aliphatic heterocycles. The van der Waals surface area contributed by atoms with E-state index in [-0.39, 0.29) is 5.91 Å². The molecule has 1 aromatic rings. The minimum Gasteiger partial charge on any atom is -0.491 e. The Labute approximate surface area is 120 Å². The highest BCUT2D eigenvalue weighted by atomic mass is 16.5. The van der Waals surface area contributed by atoms with Gasteiger partial charge in [-0.05, 0) is 31.4 Å². The van der Waals surface area contributed by atoms with Gasteiger partial charge in [0.25, 0.3) is 0 Å². The maximum atomic E-state index is 11.8. The molecule has 0 unspecified atom stereocenters. The van der Waals surface area contributed by atoms with Crippen LogP contribution in [-0.2, 0) is 4.79 Å². The van der Waals surface area contributed by atoms with E-state index in [9.17, 15) is 4.79 Å². The fourth-order valence-corrected chi connectivity index (χ4v) is 1.91. The molecule has 3 N–H and O–H groups in total. The van der Waals surface area contributed by atoms with E-state index in [1.165, 1.54) is 0 Å². The van der Waals surface area contributed by atoms with Crippen molar-refractivity contribution < 1.29 is 9.53 Å². The number of likely N-dealkylation sites (N-methyl/N-ethyl adjacent to an activating group) is 1. The quantitative estimate of drug-likeness (QED) is 0.745. The van der Waals surface area contributed by atoms with Crippen molar-refractivity contribution in [1.29, 1.82) is 0 Å². The number of benzene rings is 1. The Kier molecular flexibility index (Phi) is 4.71. The first-order valence-electron chi connectivity index (χ1n) is 7.13. The van der Waals surface area contributed by atoms with E-state index >= 15 is 0 Å². The van der Waals surface area contributed by atoms with Crippen LogP contribution >= 0.6 is 0 Å². The first kappa shape index (κ1) is 14.5. The summed E-state index contributed by atoms with van der Waals surface area (Å²) in [6, 6.07) is 5.99. The maximum absolute atomic E-state index is 11.8. The van der Waals surface area contributed by atoms with Crippen LogP contribution in [0, 0.1) is 0 Å². The number of nitrogens with two attached hydrogens (primary N) is 1. The molecule has 0 radical (unpaired) electrons. The highest BCUT2D eigenvalue weighted by molar-refractivity contribution is 5.82. The third-order valence-electron chi connectivity index (χ3n) is 3.22. The first-order valence-corrected chi connectivity index (χ1v) is 7.13. The van der Waals surface area contributed by atoms with Crippen molar-refractivity contribution >= 4 is 17.3 Å². The van der Waals surface area contributed by atoms with Gasteiger partial charge in [0.05, 0.1) is 18.8 Å². The number of nitrogens with zero attached hydrogens (tertiary/aromatic N) is 1. The molecule has 1 amide bonds. The van der Waals surface area contributed by atoms with Gasteiger partial charge in [-0.25, -0.2) is 0 Å². The van der Waals surface area contributed by atoms with Crippen LogP contribution in [0.15, 0.2) is 18.2 Å². The second-order valence-electron chi connectivity index (χ2n) is 5.27. The Bertz CT molecular complexity index is 472. The number of amides is 1. The summed E-state index contributed by atoms with van der Waals surface area (Å²) in [6.07, 6.45) is 3.14. The SMILES string of the molecule is CCCOc1cc(N(C)CC(=O)NC2CC2)ccc1N. The van der Waals surface area contributed by atoms with Crippen LogP contribution in [0.1, 0.15) is 26.2 Å². The number of hydrogen-bond acceptors (Lipinski definition) is 4. The van der Waals surface area contributed by atoms with Crippen LogP contribution < -0.4 is 20.7 Å². The van der Waals surface area contributed by atoms with Gasteiger partial charge < -0.3 is 20.7 Å². The monoisotopic (exact) mass is 277 g/mol. The van der Waals surface area contributed by atoms with Crippen LogP contribution in [0.3, 0.4) is 0 Å². The number of ether oxygens (including phenoxy) is 1. The Morgan fingerprint density at radius 3 is 2.90 bits per heavy atom. The van der Waals surface area contributed by atoms with Crippen LogP contribution in [0.25, 0.3) is 0 Å². The topological polar surface area (TPSA) is 67.6 Å². The third-order valence-corrected chi connectivity index (χ3v) is 3.22. The van der Waals surface area contributed by atoms with E-state index < -0.39 is 0 Å². The van der Waals surface area contributed by atoms with Crippen LogP contribution in [-0.4, -0.2) is 32.1 Å². The van der Waals surface area contributed by atoms with Crippen LogP contribution in [0.5, 0.6) is 5.75 Å². The molecule has 0 atom stereocenters. The molecule has 110 valence electrons. The highest BCUT2D eigenvalue weighted by Gasteiger charge is 2.23. The van der Waals surface area contributed by atoms with Crippen molar-refractivity contribution in [2.75, 3.05) is 30.8 Å². The average molecular weight is 277 g/mol. The average Bonchev–Trinajstić information content (AvgIpc) is 3.21. The molecule has 0 bridgehead atoms. The van der Waals surface area contributed by atoms with Gasteiger partial charge in [-0.1, -0.05) is 6.92 Å². The predicted molar refractivity (Wildman–Crippen MR) is 81.1 cm³/mol. The Hall–Kier alpha value is -1.91. The summed E-state index contributed by atoms with van der Waals surface area (Å²) in [7, 11) is 1.89. The molecule has 0 saturated heterocycles. The number of carbonyl (C=O) groups excluding carboxylic acids is 1. The molecule has 20 heavy (non-hydrogen) atoms. The van der Waals surface area contributed by atoms with E-state index in [4.69, 9.17) is 10.5 Å². The molecule has 5 heteroatoms. The van der Waals surface area contributed by atoms with Gasteiger partial charge in [0.15, 0.2) is 0 Å². The molecule has 1 aliphatic carbocycles. The minimum atomic E-state index is 0.0582. The summed E-state index contributed by atoms with van der Waals surface area (Å²) in [5, 5.41) is 2.98. The van der Waals surface area contributed by atoms with Gasteiger partial charge in [-0.15, -0.1) is 0 Å². The number of nitrogen functional groups attached to an aromatic ring is 1. The number of anilines is 2. The van der Waals surface area contributed by atoms with Gasteiger partial charge >= 0.3 is 0 Å². The van der Waals surface area contributed by atoms with E-state index in [0.29, 0.717) is 30.6 Å². The van der Waals surface area contributed by atoms with Crippen molar-refractivity contribution in [2.45, 2.75) is 32.2 Å². The van der Waals surface area contributed by atoms with Crippen LogP contribution in [0.2, 0.25) is 0 Å². The number of hydrogen-bond donors (Lipinski definition) is 2. The summed E-state index contributed by atoms with van der Waals surface area (Å²) in [5.41, 5.74) is 7.43. The second kappa shape index (κ2) is 6.50. The Morgan fingerprint density at radius 1 is 1.50 bits per heavy atom. The van der Waals surface area contributed by atoms with Gasteiger partial charge in [0.1, 0.15) is 5.75 Å². The van der Waals surface area contributed by atoms with Crippen molar-refractivity contribution in [1.82, 2.24) is 5.32 Å². The van der Waals surface area contributed by atoms with Crippen LogP contribution in [0.4, 0.5) is 11.4 Å². The fourth-order valence-electron chi connectivity index (χ4n) is 1.91. The van der Waals surface area contributed by atoms with E-state index in [2.05, 4.69) is 5.32 Å². The Morgan fingerprint density at radius 2 is 2.25 bits per heavy atom. The standard InChI is InChI=1S/C15H23N3O2/c1-3-8-20-14-9-12(6-7-13(14)16)18(2)10-15(19)17-11-4-5-11/h6-7,9,11H,3-5,8,10,16H2,1-2H3,(H,17,19). The summed E-state index contributed by atoms with van der Waals surface area (Å²) < 4.78 is 5.60. The van der Waals surface area contributed by atoms with E-state index in [1.54, 1.807) is 0 Å². The lowest BCUT2D eigenvalue weighted by Gasteiger charge is -2.20. The lowest BCUT2D eigenvalue weighted by atomic mass is 10.2. The zero-order valence-corrected chi connectivity index (χ0v) is 12.2. The molecule has 1 fully saturated rings. The number of rotatable bonds is 7. The maximum Gasteiger partial charge on any atom is 0.239 e. The largest absolute Gasteiger partial charge is 0.491 e. The lowest BCUT2D eigenvalue weighted by Crippen LogP contribution is -2.36. The molecule has 0 spiro atoms. The summed E-state index contributed by atoms with van der Waals surface area (Å²) in [5.74, 6) is 0.738. The summed E-state index contributed by atoms with van der Waals surface area (Å²) in [6.45, 7) is 3.03. The third kappa shape index (κ3) is 4.05. The van der Waals surface area contributed by atoms with E-state index in [0.717, 1.165) is 24.9 Å². The van der Waals surface area contributed by atoms with Gasteiger partial charge in [-0.2, -0.15) is 0 Å². The molecular weight excluding hydrogens is 254 g/mol. The molecule has 1 aromatic carbocycles. The normalized spacial score (nSPS) is 13.9. The molecule has 5 nitrogen and oxygen atoms in total. The van der Waals surface area contributed by atoms with Crippen molar-refractivity contribution in [2.24, 2.45) is 0 Å². The zero-order valence-electron chi connectivity index (χ0n) is 12.2. The van der Waals surface area contributed by atoms with Gasteiger partial charge in [0.2, 0.25) is 5.91 Å². The highest BCUT2D eigenvalue weighted by Crippen LogP contribution is 2.27. The van der Waals surface area contributed by atoms with Crippen molar-refractivity contribution in [3.63, 3.8) is 0 Å². The molecule has 2 rings (SSSR count). The second-order valence-corrected chi connectivity index (χ2v) is 5.27. The van der Waals surface area contributed by atoms with Crippen molar-refractivity contribution in [3.8, 4) is 5.75 Å². The fraction of sp³-hybridized carbons (Fsp3) is 0.533. The number of carbonyl (C=O) groups is 1. The lowest BCUT2D eigenvalue weighted by molar-refractivity contribution is -0.119. The molecule has 0 aromatic heterocycles. The molecule has 1 saturated carbocycles. The first-order chi connectivity index (χ1) is 9.60. The smallest absolute Gasteiger partial charge is 0.239 e. The summed E-state index contributed by atoms with van der Waals surface area (Å²) in [4.78, 5) is 13.7. The molecular formula is C15H23N3O2. The molecule has 1 aliphatic rings. The van der Waals surface area contributed by atoms with Gasteiger partial charge in [0, 0.05) is 24.8 Å². The predicted octanol–water partition coefficient (Wildman–Crippen LogP) is 1.77. The van der Waals surface area contributed by atoms with Gasteiger partial charge in [-0.3, -0.25) is 4.79 Å². The number of nitrogens with one attached hydrogen (secondary N) is 1. The summed E-state index contributed by atoms with van der Waals surface area (Å²) >= 11 is 0. The molecule has 0 heterocycles.